The van der Waals surface area contributed by atoms with Gasteiger partial charge in [-0.15, -0.1) is 11.3 Å². The zero-order chi connectivity index (χ0) is 20.4. The van der Waals surface area contributed by atoms with E-state index in [4.69, 9.17) is 11.6 Å². The second-order valence-corrected chi connectivity index (χ2v) is 7.69. The topological polar surface area (TPSA) is 88.9 Å². The normalized spacial score (nSPS) is 10.8. The lowest BCUT2D eigenvalue weighted by atomic mass is 10.1. The zero-order valence-electron chi connectivity index (χ0n) is 15.3. The SMILES string of the molecule is CC(=O)Nc1cn(C)c(C(=O)Nc2sc(Cc3cc(F)cc(Cl)c3)nc2C)n1. The number of hydrogen-bond acceptors (Lipinski definition) is 5. The van der Waals surface area contributed by atoms with E-state index in [0.717, 1.165) is 0 Å². The smallest absolute Gasteiger partial charge is 0.292 e. The summed E-state index contributed by atoms with van der Waals surface area (Å²) in [5.74, 6) is -0.662. The van der Waals surface area contributed by atoms with E-state index >= 15 is 0 Å². The van der Waals surface area contributed by atoms with Crippen LogP contribution in [0.15, 0.2) is 24.4 Å². The van der Waals surface area contributed by atoms with Crippen LogP contribution in [0.1, 0.15) is 33.8 Å². The molecular formula is C18H17ClFN5O2S. The Kier molecular flexibility index (Phi) is 5.76. The molecule has 3 aromatic rings. The fraction of sp³-hybridized carbons (Fsp3) is 0.222. The minimum absolute atomic E-state index is 0.148. The summed E-state index contributed by atoms with van der Waals surface area (Å²) in [5.41, 5.74) is 1.34. The highest BCUT2D eigenvalue weighted by atomic mass is 35.5. The van der Waals surface area contributed by atoms with Gasteiger partial charge in [0.25, 0.3) is 5.91 Å². The molecule has 1 aromatic carbocycles. The lowest BCUT2D eigenvalue weighted by Gasteiger charge is -2.02. The van der Waals surface area contributed by atoms with Gasteiger partial charge < -0.3 is 15.2 Å². The van der Waals surface area contributed by atoms with Crippen molar-refractivity contribution < 1.29 is 14.0 Å². The van der Waals surface area contributed by atoms with Gasteiger partial charge in [0.15, 0.2) is 5.82 Å². The first-order valence-corrected chi connectivity index (χ1v) is 9.44. The molecule has 7 nitrogen and oxygen atoms in total. The molecule has 0 aliphatic heterocycles. The number of rotatable bonds is 5. The summed E-state index contributed by atoms with van der Waals surface area (Å²) in [6.07, 6.45) is 1.95. The van der Waals surface area contributed by atoms with Crippen molar-refractivity contribution in [3.05, 3.63) is 57.3 Å². The molecule has 0 atom stereocenters. The van der Waals surface area contributed by atoms with E-state index in [-0.39, 0.29) is 11.7 Å². The molecule has 3 rings (SSSR count). The summed E-state index contributed by atoms with van der Waals surface area (Å²) >= 11 is 7.19. The summed E-state index contributed by atoms with van der Waals surface area (Å²) < 4.78 is 15.0. The van der Waals surface area contributed by atoms with Crippen molar-refractivity contribution in [1.29, 1.82) is 0 Å². The van der Waals surface area contributed by atoms with Gasteiger partial charge in [0, 0.05) is 31.6 Å². The molecule has 0 saturated carbocycles. The number of nitrogens with one attached hydrogen (secondary N) is 2. The molecule has 146 valence electrons. The summed E-state index contributed by atoms with van der Waals surface area (Å²) in [5, 5.41) is 6.93. The summed E-state index contributed by atoms with van der Waals surface area (Å²) in [4.78, 5) is 32.2. The minimum Gasteiger partial charge on any atom is -0.328 e. The van der Waals surface area contributed by atoms with Crippen LogP contribution in [-0.4, -0.2) is 26.3 Å². The molecular weight excluding hydrogens is 405 g/mol. The average Bonchev–Trinajstić information content (AvgIpc) is 3.08. The van der Waals surface area contributed by atoms with Gasteiger partial charge in [-0.1, -0.05) is 11.6 Å². The van der Waals surface area contributed by atoms with E-state index in [9.17, 15) is 14.0 Å². The fourth-order valence-electron chi connectivity index (χ4n) is 2.61. The van der Waals surface area contributed by atoms with E-state index in [2.05, 4.69) is 20.6 Å². The van der Waals surface area contributed by atoms with Gasteiger partial charge >= 0.3 is 0 Å². The van der Waals surface area contributed by atoms with Gasteiger partial charge in [0.05, 0.1) is 10.7 Å². The molecule has 0 radical (unpaired) electrons. The van der Waals surface area contributed by atoms with Crippen LogP contribution in [0.5, 0.6) is 0 Å². The molecule has 28 heavy (non-hydrogen) atoms. The van der Waals surface area contributed by atoms with E-state index < -0.39 is 11.7 Å². The standard InChI is InChI=1S/C18H17ClFN5O2S/c1-9-18(24-17(27)16-23-14(8-25(16)3)22-10(2)26)28-15(21-9)6-11-4-12(19)7-13(20)5-11/h4-5,7-8H,6H2,1-3H3,(H,22,26)(H,24,27). The maximum Gasteiger partial charge on any atom is 0.292 e. The molecule has 10 heteroatoms. The van der Waals surface area contributed by atoms with Gasteiger partial charge in [-0.2, -0.15) is 0 Å². The summed E-state index contributed by atoms with van der Waals surface area (Å²) in [7, 11) is 1.66. The maximum atomic E-state index is 13.5. The first kappa shape index (κ1) is 20.0. The van der Waals surface area contributed by atoms with Crippen LogP contribution >= 0.6 is 22.9 Å². The third kappa shape index (κ3) is 4.73. The number of imidazole rings is 1. The molecule has 0 saturated heterocycles. The van der Waals surface area contributed by atoms with Crippen LogP contribution in [0.2, 0.25) is 5.02 Å². The Morgan fingerprint density at radius 2 is 2.00 bits per heavy atom. The Hall–Kier alpha value is -2.78. The Morgan fingerprint density at radius 1 is 1.25 bits per heavy atom. The Balaban J connectivity index is 1.75. The van der Waals surface area contributed by atoms with Crippen molar-refractivity contribution in [2.75, 3.05) is 10.6 Å². The number of amides is 2. The number of aryl methyl sites for hydroxylation is 2. The Bertz CT molecular complexity index is 1040. The highest BCUT2D eigenvalue weighted by molar-refractivity contribution is 7.16. The first-order valence-electron chi connectivity index (χ1n) is 8.25. The second kappa shape index (κ2) is 8.07. The van der Waals surface area contributed by atoms with Gasteiger partial charge in [-0.25, -0.2) is 14.4 Å². The molecule has 0 bridgehead atoms. The zero-order valence-corrected chi connectivity index (χ0v) is 16.9. The van der Waals surface area contributed by atoms with E-state index in [0.29, 0.717) is 38.5 Å². The third-order valence-electron chi connectivity index (χ3n) is 3.73. The highest BCUT2D eigenvalue weighted by Gasteiger charge is 2.18. The van der Waals surface area contributed by atoms with Gasteiger partial charge in [-0.05, 0) is 30.7 Å². The molecule has 2 heterocycles. The Labute approximate surface area is 169 Å². The van der Waals surface area contributed by atoms with E-state index in [1.165, 1.54) is 35.0 Å². The summed E-state index contributed by atoms with van der Waals surface area (Å²) in [6.45, 7) is 3.14. The van der Waals surface area contributed by atoms with Crippen molar-refractivity contribution in [3.63, 3.8) is 0 Å². The Morgan fingerprint density at radius 3 is 2.68 bits per heavy atom. The van der Waals surface area contributed by atoms with Crippen molar-refractivity contribution in [2.24, 2.45) is 7.05 Å². The van der Waals surface area contributed by atoms with Gasteiger partial charge in [-0.3, -0.25) is 9.59 Å². The predicted molar refractivity (Wildman–Crippen MR) is 107 cm³/mol. The van der Waals surface area contributed by atoms with Crippen molar-refractivity contribution in [1.82, 2.24) is 14.5 Å². The van der Waals surface area contributed by atoms with Crippen LogP contribution in [0.25, 0.3) is 0 Å². The number of benzene rings is 1. The molecule has 2 N–H and O–H groups in total. The largest absolute Gasteiger partial charge is 0.328 e. The van der Waals surface area contributed by atoms with E-state index in [1.54, 1.807) is 26.2 Å². The monoisotopic (exact) mass is 421 g/mol. The predicted octanol–water partition coefficient (Wildman–Crippen LogP) is 3.78. The van der Waals surface area contributed by atoms with Crippen molar-refractivity contribution >= 4 is 45.6 Å². The number of hydrogen-bond donors (Lipinski definition) is 2. The number of thiazole rings is 1. The van der Waals surface area contributed by atoms with Crippen LogP contribution in [0.4, 0.5) is 15.2 Å². The summed E-state index contributed by atoms with van der Waals surface area (Å²) in [6, 6.07) is 4.32. The van der Waals surface area contributed by atoms with Crippen molar-refractivity contribution in [3.8, 4) is 0 Å². The molecule has 0 aliphatic rings. The van der Waals surface area contributed by atoms with Crippen molar-refractivity contribution in [2.45, 2.75) is 20.3 Å². The number of carbonyl (C=O) groups is 2. The van der Waals surface area contributed by atoms with Crippen LogP contribution in [0.3, 0.4) is 0 Å². The van der Waals surface area contributed by atoms with Gasteiger partial charge in [0.1, 0.15) is 10.8 Å². The maximum absolute atomic E-state index is 13.5. The number of anilines is 2. The number of aromatic nitrogens is 3. The number of halogens is 2. The van der Waals surface area contributed by atoms with Gasteiger partial charge in [0.2, 0.25) is 11.7 Å². The molecule has 2 amide bonds. The molecule has 0 unspecified atom stereocenters. The van der Waals surface area contributed by atoms with E-state index in [1.807, 2.05) is 0 Å². The van der Waals surface area contributed by atoms with Crippen LogP contribution < -0.4 is 10.6 Å². The fourth-order valence-corrected chi connectivity index (χ4v) is 3.85. The lowest BCUT2D eigenvalue weighted by molar-refractivity contribution is -0.114. The molecule has 0 spiro atoms. The molecule has 0 aliphatic carbocycles. The number of carbonyl (C=O) groups excluding carboxylic acids is 2. The first-order chi connectivity index (χ1) is 13.2. The third-order valence-corrected chi connectivity index (χ3v) is 5.02. The number of nitrogens with zero attached hydrogens (tertiary/aromatic N) is 3. The minimum atomic E-state index is -0.425. The van der Waals surface area contributed by atoms with Crippen LogP contribution in [0, 0.1) is 12.7 Å². The molecule has 0 fully saturated rings. The highest BCUT2D eigenvalue weighted by Crippen LogP contribution is 2.27. The quantitative estimate of drug-likeness (QED) is 0.656. The second-order valence-electron chi connectivity index (χ2n) is 6.17. The average molecular weight is 422 g/mol. The molecule has 2 aromatic heterocycles. The van der Waals surface area contributed by atoms with Crippen LogP contribution in [-0.2, 0) is 18.3 Å². The lowest BCUT2D eigenvalue weighted by Crippen LogP contribution is -2.16.